The summed E-state index contributed by atoms with van der Waals surface area (Å²) in [6, 6.07) is 29.4. The average Bonchev–Trinajstić information content (AvgIpc) is 3.81. The topological polar surface area (TPSA) is 252 Å². The maximum Gasteiger partial charge on any atom is 0.328 e. The molecule has 9 N–H and O–H groups in total. The highest BCUT2D eigenvalue weighted by molar-refractivity contribution is 7.09. The molecule has 4 aromatic carbocycles. The van der Waals surface area contributed by atoms with Crippen molar-refractivity contribution in [3.05, 3.63) is 148 Å². The summed E-state index contributed by atoms with van der Waals surface area (Å²) in [6.07, 6.45) is -5.05. The molecular formula is C48H50N6O10S. The second-order valence-electron chi connectivity index (χ2n) is 16.2. The lowest BCUT2D eigenvalue weighted by Gasteiger charge is -2.28. The van der Waals surface area contributed by atoms with Gasteiger partial charge >= 0.3 is 5.97 Å². The number of carboxylic acid groups (broad SMARTS) is 1. The van der Waals surface area contributed by atoms with E-state index in [2.05, 4.69) is 31.9 Å². The molecule has 7 rings (SSSR count). The number of rotatable bonds is 10. The van der Waals surface area contributed by atoms with Gasteiger partial charge in [-0.05, 0) is 65.2 Å². The van der Waals surface area contributed by atoms with E-state index in [1.165, 1.54) is 49.4 Å². The molecule has 0 unspecified atom stereocenters. The number of carbonyl (C=O) groups is 7. The quantitative estimate of drug-likeness (QED) is 0.0925. The zero-order chi connectivity index (χ0) is 46.7. The predicted octanol–water partition coefficient (Wildman–Crippen LogP) is 2.28. The van der Waals surface area contributed by atoms with Crippen molar-refractivity contribution < 1.29 is 48.9 Å². The van der Waals surface area contributed by atoms with E-state index in [-0.39, 0.29) is 31.4 Å². The Kier molecular flexibility index (Phi) is 15.6. The van der Waals surface area contributed by atoms with E-state index in [1.807, 2.05) is 42.5 Å². The normalized spacial score (nSPS) is 21.4. The zero-order valence-electron chi connectivity index (χ0n) is 35.5. The molecule has 0 fully saturated rings. The Morgan fingerprint density at radius 2 is 1.11 bits per heavy atom. The van der Waals surface area contributed by atoms with Crippen LogP contribution in [0.2, 0.25) is 0 Å². The largest absolute Gasteiger partial charge is 0.480 e. The van der Waals surface area contributed by atoms with Gasteiger partial charge in [0, 0.05) is 36.2 Å². The van der Waals surface area contributed by atoms with Crippen molar-refractivity contribution in [1.29, 1.82) is 0 Å². The van der Waals surface area contributed by atoms with Gasteiger partial charge in [0.25, 0.3) is 11.8 Å². The van der Waals surface area contributed by atoms with Gasteiger partial charge in [0.1, 0.15) is 29.7 Å². The van der Waals surface area contributed by atoms with Crippen molar-refractivity contribution in [2.45, 2.75) is 81.4 Å². The number of fused-ring (bicyclic) bond motifs is 18. The molecule has 0 spiro atoms. The summed E-state index contributed by atoms with van der Waals surface area (Å²) >= 11 is 1.28. The van der Waals surface area contributed by atoms with Gasteiger partial charge in [0.2, 0.25) is 23.6 Å². The Bertz CT molecular complexity index is 2470. The van der Waals surface area contributed by atoms with Crippen molar-refractivity contribution >= 4 is 58.4 Å². The number of amides is 6. The minimum Gasteiger partial charge on any atom is -0.480 e. The van der Waals surface area contributed by atoms with Crippen LogP contribution in [-0.4, -0.2) is 98.6 Å². The van der Waals surface area contributed by atoms with E-state index in [4.69, 9.17) is 0 Å². The molecule has 6 atom stereocenters. The number of carbonyl (C=O) groups excluding carboxylic acids is 6. The van der Waals surface area contributed by atoms with Gasteiger partial charge in [0.05, 0.1) is 0 Å². The van der Waals surface area contributed by atoms with E-state index >= 15 is 0 Å². The van der Waals surface area contributed by atoms with E-state index in [1.54, 1.807) is 60.0 Å². The SMILES string of the molecule is CC(C)(NC(=O)[C@@H]1Cc2ccc(cc2)NC(=O)[C@H](O)[C@@H](O)C(=O)N[C@H](Cc2cccs2)C(=O)N[C@@H](Cc2ccc(-c3ccccc3)cc2)C(=O)N[C@H](Cc2ccccc2)C(=O)N1)C(=O)O. The highest BCUT2D eigenvalue weighted by atomic mass is 32.1. The molecular weight excluding hydrogens is 853 g/mol. The molecule has 5 aromatic rings. The van der Waals surface area contributed by atoms with E-state index in [0.29, 0.717) is 21.6 Å². The first-order chi connectivity index (χ1) is 31.1. The number of aliphatic hydroxyl groups is 2. The minimum absolute atomic E-state index is 0.0640. The summed E-state index contributed by atoms with van der Waals surface area (Å²) in [5.41, 5.74) is 1.93. The molecule has 16 nitrogen and oxygen atoms in total. The molecule has 17 heteroatoms. The van der Waals surface area contributed by atoms with Crippen LogP contribution in [0.3, 0.4) is 0 Å². The summed E-state index contributed by atoms with van der Waals surface area (Å²) in [4.78, 5) is 96.5. The monoisotopic (exact) mass is 902 g/mol. The number of aliphatic hydroxyl groups excluding tert-OH is 2. The smallest absolute Gasteiger partial charge is 0.328 e. The van der Waals surface area contributed by atoms with Crippen LogP contribution in [0.15, 0.2) is 127 Å². The lowest BCUT2D eigenvalue weighted by molar-refractivity contribution is -0.146. The second-order valence-corrected chi connectivity index (χ2v) is 17.2. The van der Waals surface area contributed by atoms with Crippen LogP contribution in [0.5, 0.6) is 0 Å². The van der Waals surface area contributed by atoms with Crippen molar-refractivity contribution in [3.63, 3.8) is 0 Å². The van der Waals surface area contributed by atoms with Crippen molar-refractivity contribution in [3.8, 4) is 11.1 Å². The van der Waals surface area contributed by atoms with Crippen LogP contribution in [0.4, 0.5) is 5.69 Å². The third kappa shape index (κ3) is 12.9. The minimum atomic E-state index is -2.32. The number of carboxylic acids is 1. The summed E-state index contributed by atoms with van der Waals surface area (Å²) in [6.45, 7) is 2.56. The first-order valence-electron chi connectivity index (χ1n) is 20.8. The Labute approximate surface area is 378 Å². The standard InChI is InChI=1S/C48H50N6O10S/c1-48(2,47(63)64)54-44(60)37-26-30-17-21-33(22-18-30)49-45(61)39(55)40(56)46(62)53-38(27-34-14-9-23-65-34)43(59)51-36(25-29-15-19-32(20-16-29)31-12-7-4-8-13-31)41(57)50-35(42(58)52-37)24-28-10-5-3-6-11-28/h3-23,35-40,55-56H,24-27H2,1-2H3,(H,49,61)(H,50,57)(H,51,59)(H,52,58)(H,53,62)(H,54,60)(H,63,64)/t35-,36+,37+,38-,39-,40-/m1/s1. The number of anilines is 1. The highest BCUT2D eigenvalue weighted by Gasteiger charge is 2.37. The number of benzene rings is 4. The average molecular weight is 903 g/mol. The molecule has 3 heterocycles. The molecule has 65 heavy (non-hydrogen) atoms. The van der Waals surface area contributed by atoms with Crippen LogP contribution in [0, 0.1) is 0 Å². The number of aliphatic carboxylic acids is 1. The predicted molar refractivity (Wildman–Crippen MR) is 242 cm³/mol. The highest BCUT2D eigenvalue weighted by Crippen LogP contribution is 2.21. The van der Waals surface area contributed by atoms with Gasteiger partial charge in [0.15, 0.2) is 12.2 Å². The number of hydrogen-bond donors (Lipinski definition) is 9. The number of nitrogens with one attached hydrogen (secondary N) is 6. The third-order valence-electron chi connectivity index (χ3n) is 10.8. The maximum absolute atomic E-state index is 14.6. The van der Waals surface area contributed by atoms with Gasteiger partial charge < -0.3 is 47.2 Å². The Morgan fingerprint density at radius 3 is 1.68 bits per heavy atom. The molecule has 2 bridgehead atoms. The molecule has 0 saturated heterocycles. The van der Waals surface area contributed by atoms with Crippen LogP contribution >= 0.6 is 11.3 Å². The van der Waals surface area contributed by atoms with Crippen molar-refractivity contribution in [2.75, 3.05) is 5.32 Å². The molecule has 0 radical (unpaired) electrons. The summed E-state index contributed by atoms with van der Waals surface area (Å²) in [5.74, 6) is -7.02. The summed E-state index contributed by atoms with van der Waals surface area (Å²) in [7, 11) is 0. The van der Waals surface area contributed by atoms with Gasteiger partial charge in [-0.2, -0.15) is 0 Å². The summed E-state index contributed by atoms with van der Waals surface area (Å²) < 4.78 is 0. The molecule has 0 saturated carbocycles. The number of hydrogen-bond acceptors (Lipinski definition) is 10. The van der Waals surface area contributed by atoms with Crippen LogP contribution in [-0.2, 0) is 59.2 Å². The van der Waals surface area contributed by atoms with Crippen LogP contribution < -0.4 is 31.9 Å². The second kappa shape index (κ2) is 21.4. The fourth-order valence-electron chi connectivity index (χ4n) is 7.00. The van der Waals surface area contributed by atoms with Crippen molar-refractivity contribution in [2.24, 2.45) is 0 Å². The van der Waals surface area contributed by atoms with E-state index in [9.17, 15) is 48.9 Å². The lowest BCUT2D eigenvalue weighted by Crippen LogP contribution is -2.61. The first kappa shape index (κ1) is 47.3. The fraction of sp³-hybridized carbons (Fsp3) is 0.271. The van der Waals surface area contributed by atoms with Gasteiger partial charge in [-0.1, -0.05) is 103 Å². The molecule has 1 aromatic heterocycles. The lowest BCUT2D eigenvalue weighted by atomic mass is 9.98. The van der Waals surface area contributed by atoms with Crippen LogP contribution in [0.25, 0.3) is 11.1 Å². The van der Waals surface area contributed by atoms with Gasteiger partial charge in [-0.25, -0.2) is 4.79 Å². The van der Waals surface area contributed by atoms with E-state index in [0.717, 1.165) is 11.1 Å². The Morgan fingerprint density at radius 1 is 0.600 bits per heavy atom. The molecule has 2 aliphatic heterocycles. The van der Waals surface area contributed by atoms with Gasteiger partial charge in [-0.15, -0.1) is 11.3 Å². The number of thiophene rings is 1. The third-order valence-corrected chi connectivity index (χ3v) is 11.7. The zero-order valence-corrected chi connectivity index (χ0v) is 36.3. The molecule has 338 valence electrons. The molecule has 6 amide bonds. The van der Waals surface area contributed by atoms with Crippen molar-refractivity contribution in [1.82, 2.24) is 26.6 Å². The molecule has 2 aliphatic rings. The van der Waals surface area contributed by atoms with E-state index < -0.39 is 83.3 Å². The molecule has 0 aliphatic carbocycles. The first-order valence-corrected chi connectivity index (χ1v) is 21.7. The Hall–Kier alpha value is -7.21. The maximum atomic E-state index is 14.6. The Balaban J connectivity index is 1.40. The summed E-state index contributed by atoms with van der Waals surface area (Å²) in [5, 5.41) is 48.8. The fourth-order valence-corrected chi connectivity index (χ4v) is 7.75. The van der Waals surface area contributed by atoms with Gasteiger partial charge in [-0.3, -0.25) is 28.8 Å². The van der Waals surface area contributed by atoms with Crippen LogP contribution in [0.1, 0.15) is 35.4 Å².